The third-order valence-corrected chi connectivity index (χ3v) is 22.0. The Morgan fingerprint density at radius 3 is 1.10 bits per heavy atom. The number of benzene rings is 6. The summed E-state index contributed by atoms with van der Waals surface area (Å²) in [5.41, 5.74) is 11.7. The van der Waals surface area contributed by atoms with E-state index in [0.717, 1.165) is 159 Å². The Hall–Kier alpha value is -11.6. The summed E-state index contributed by atoms with van der Waals surface area (Å²) in [6.45, 7) is 21.7. The van der Waals surface area contributed by atoms with Crippen LogP contribution in [0.2, 0.25) is 0 Å². The molecule has 12 heterocycles. The molecule has 0 amide bonds. The molecular weight excluding hydrogens is 1480 g/mol. The molecule has 117 heavy (non-hydrogen) atoms. The van der Waals surface area contributed by atoms with Gasteiger partial charge in [0.25, 0.3) is 33.4 Å². The summed E-state index contributed by atoms with van der Waals surface area (Å²) in [6, 6.07) is 32.3. The molecule has 4 fully saturated rings. The molecule has 30 heteroatoms. The van der Waals surface area contributed by atoms with E-state index in [2.05, 4.69) is 81.1 Å². The SMILES string of the molecule is Cn1cnc2c3c(ccc2c1=O)NCC3.Cn1cnc2cc(C3=NCCO3)ccc2c1=O.Cn1cnc2cc(NCCCN3CCCC3)ccc2c1=O.Cn1cnc2cc(NCCCN3CCCCC3)ccc2c1=O.Cn1cnc2cc(NCCCN3CCOCC3)ccc2c1=O.Cn1cnc2cc(NCCN3CCCC3)ccc2c1=O. The van der Waals surface area contributed by atoms with E-state index in [4.69, 9.17) is 9.47 Å². The van der Waals surface area contributed by atoms with Crippen LogP contribution in [0.1, 0.15) is 75.3 Å². The Kier molecular flexibility index (Phi) is 29.1. The monoisotopic (exact) mass is 1590 g/mol. The van der Waals surface area contributed by atoms with E-state index in [0.29, 0.717) is 56.9 Å². The van der Waals surface area contributed by atoms with Crippen LogP contribution < -0.4 is 59.9 Å². The molecule has 4 saturated heterocycles. The van der Waals surface area contributed by atoms with Gasteiger partial charge in [-0.25, -0.2) is 34.9 Å². The maximum absolute atomic E-state index is 12.0. The quantitative estimate of drug-likeness (QED) is 0.0449. The molecular formula is C87H110N22O8. The number of aromatic nitrogens is 12. The molecule has 0 aliphatic carbocycles. The predicted molar refractivity (Wildman–Crippen MR) is 468 cm³/mol. The van der Waals surface area contributed by atoms with Gasteiger partial charge in [-0.3, -0.25) is 33.7 Å². The van der Waals surface area contributed by atoms with Gasteiger partial charge in [-0.15, -0.1) is 0 Å². The molecule has 12 aromatic rings. The van der Waals surface area contributed by atoms with Crippen LogP contribution in [0.4, 0.5) is 28.4 Å². The Morgan fingerprint density at radius 1 is 0.359 bits per heavy atom. The fraction of sp³-hybridized carbons (Fsp3) is 0.437. The summed E-state index contributed by atoms with van der Waals surface area (Å²) in [4.78, 5) is 111. The molecule has 6 aliphatic rings. The minimum atomic E-state index is -0.0455. The average Bonchev–Trinajstić information content (AvgIpc) is 1.68. The largest absolute Gasteiger partial charge is 0.476 e. The first-order chi connectivity index (χ1) is 57.0. The number of anilines is 5. The summed E-state index contributed by atoms with van der Waals surface area (Å²) in [6.07, 6.45) is 23.1. The number of aryl methyl sites for hydroxylation is 6. The lowest BCUT2D eigenvalue weighted by Crippen LogP contribution is -2.37. The zero-order valence-electron chi connectivity index (χ0n) is 68.3. The number of likely N-dealkylation sites (tertiary alicyclic amines) is 3. The van der Waals surface area contributed by atoms with E-state index in [9.17, 15) is 28.8 Å². The zero-order chi connectivity index (χ0) is 81.6. The first-order valence-electron chi connectivity index (χ1n) is 41.1. The van der Waals surface area contributed by atoms with Crippen molar-refractivity contribution < 1.29 is 9.47 Å². The van der Waals surface area contributed by atoms with Gasteiger partial charge in [0.1, 0.15) is 6.61 Å². The number of fused-ring (bicyclic) bond motifs is 8. The number of morpholine rings is 1. The van der Waals surface area contributed by atoms with E-state index in [1.165, 1.54) is 137 Å². The molecule has 30 nitrogen and oxygen atoms in total. The number of nitrogens with one attached hydrogen (secondary N) is 5. The van der Waals surface area contributed by atoms with Gasteiger partial charge in [0.2, 0.25) is 5.90 Å². The lowest BCUT2D eigenvalue weighted by molar-refractivity contribution is 0.0378. The van der Waals surface area contributed by atoms with Gasteiger partial charge in [-0.05, 0) is 226 Å². The molecule has 0 unspecified atom stereocenters. The van der Waals surface area contributed by atoms with Crippen molar-refractivity contribution in [2.45, 2.75) is 70.6 Å². The van der Waals surface area contributed by atoms with Gasteiger partial charge in [0.15, 0.2) is 0 Å². The number of hydrogen-bond acceptors (Lipinski definition) is 24. The maximum atomic E-state index is 12.0. The number of aliphatic imine (C=N–C) groups is 1. The van der Waals surface area contributed by atoms with Crippen LogP contribution in [0.3, 0.4) is 0 Å². The fourth-order valence-electron chi connectivity index (χ4n) is 15.2. The van der Waals surface area contributed by atoms with Crippen LogP contribution in [0.5, 0.6) is 0 Å². The molecule has 616 valence electrons. The molecule has 0 atom stereocenters. The van der Waals surface area contributed by atoms with Gasteiger partial charge in [-0.2, -0.15) is 0 Å². The standard InChI is InChI=1S/C17H24N4O.C16H22N4O2.C16H22N4O.C15H20N4O.C12H11N3O2.C11H11N3O/c1-20-13-19-16-12-14(6-7-15(16)17(20)22)18-8-5-11-21-9-3-2-4-10-21;1-19-12-18-15-11-13(3-4-14(15)16(19)21)17-5-2-6-20-7-9-22-10-8-20;1-19-12-18-15-11-13(5-6-14(15)16(19)21)17-7-4-10-20-8-2-3-9-20;1-18-11-17-14-10-12(4-5-13(14)15(18)20)16-6-9-19-7-2-3-8-19;1-15-7-14-10-6-8(11-13-4-5-17-11)2-3-9(10)12(15)16;1-14-6-13-10-7-4-5-12-9(7)3-2-8(10)11(14)15/h6-7,12-13,18H,2-5,8-11H2,1H3;3-4,11-12,17H,2,5-10H2,1H3;5-6,11-12,17H,2-4,7-10H2,1H3;4-5,10-11,16H,2-3,6-9H2,1H3;2-3,6-7H,4-5H2,1H3;2-3,6,12H,4-5H2,1H3. The summed E-state index contributed by atoms with van der Waals surface area (Å²) < 4.78 is 19.7. The van der Waals surface area contributed by atoms with Crippen molar-refractivity contribution in [1.29, 1.82) is 0 Å². The van der Waals surface area contributed by atoms with Crippen molar-refractivity contribution in [3.63, 3.8) is 0 Å². The number of piperidine rings is 1. The van der Waals surface area contributed by atoms with E-state index < -0.39 is 0 Å². The molecule has 0 radical (unpaired) electrons. The molecule has 5 N–H and O–H groups in total. The van der Waals surface area contributed by atoms with Crippen LogP contribution in [0.15, 0.2) is 175 Å². The molecule has 6 aromatic carbocycles. The molecule has 6 aliphatic heterocycles. The van der Waals surface area contributed by atoms with Crippen molar-refractivity contribution in [2.24, 2.45) is 47.3 Å². The van der Waals surface area contributed by atoms with Crippen LogP contribution in [-0.2, 0) is 58.2 Å². The highest BCUT2D eigenvalue weighted by molar-refractivity contribution is 5.98. The van der Waals surface area contributed by atoms with Crippen molar-refractivity contribution in [1.82, 2.24) is 76.9 Å². The van der Waals surface area contributed by atoms with Gasteiger partial charge in [0, 0.05) is 134 Å². The first kappa shape index (κ1) is 83.4. The van der Waals surface area contributed by atoms with E-state index in [1.54, 1.807) is 80.0 Å². The summed E-state index contributed by atoms with van der Waals surface area (Å²) in [5.74, 6) is 0.634. The second-order valence-corrected chi connectivity index (χ2v) is 30.5. The Balaban J connectivity index is 0.000000122. The molecule has 0 saturated carbocycles. The third-order valence-electron chi connectivity index (χ3n) is 22.0. The van der Waals surface area contributed by atoms with Crippen LogP contribution in [0.25, 0.3) is 65.4 Å². The lowest BCUT2D eigenvalue weighted by atomic mass is 10.1. The summed E-state index contributed by atoms with van der Waals surface area (Å²) in [7, 11) is 10.3. The minimum Gasteiger partial charge on any atom is -0.476 e. The second-order valence-electron chi connectivity index (χ2n) is 30.5. The summed E-state index contributed by atoms with van der Waals surface area (Å²) in [5, 5.41) is 20.9. The van der Waals surface area contributed by atoms with Crippen molar-refractivity contribution >= 4 is 99.8 Å². The molecule has 0 spiro atoms. The lowest BCUT2D eigenvalue weighted by Gasteiger charge is -2.26. The maximum Gasteiger partial charge on any atom is 0.260 e. The zero-order valence-corrected chi connectivity index (χ0v) is 68.3. The number of ether oxygens (including phenoxy) is 2. The highest BCUT2D eigenvalue weighted by Crippen LogP contribution is 2.28. The van der Waals surface area contributed by atoms with Gasteiger partial charge in [-0.1, -0.05) is 6.42 Å². The fourth-order valence-corrected chi connectivity index (χ4v) is 15.2. The van der Waals surface area contributed by atoms with Crippen molar-refractivity contribution in [2.75, 3.05) is 164 Å². The second kappa shape index (κ2) is 40.8. The number of rotatable bonds is 20. The Bertz CT molecular complexity index is 5690. The topological polar surface area (TPSA) is 313 Å². The van der Waals surface area contributed by atoms with Crippen LogP contribution >= 0.6 is 0 Å². The highest BCUT2D eigenvalue weighted by atomic mass is 16.5. The highest BCUT2D eigenvalue weighted by Gasteiger charge is 2.19. The van der Waals surface area contributed by atoms with E-state index >= 15 is 0 Å². The molecule has 6 aromatic heterocycles. The Morgan fingerprint density at radius 2 is 0.701 bits per heavy atom. The van der Waals surface area contributed by atoms with Crippen molar-refractivity contribution in [3.05, 3.63) is 214 Å². The average molecular weight is 1590 g/mol. The molecule has 0 bridgehead atoms. The van der Waals surface area contributed by atoms with Gasteiger partial charge in [0.05, 0.1) is 123 Å². The van der Waals surface area contributed by atoms with E-state index in [-0.39, 0.29) is 33.4 Å². The number of nitrogens with zero attached hydrogens (tertiary/aromatic N) is 17. The minimum absolute atomic E-state index is 0.000540. The molecule has 18 rings (SSSR count). The van der Waals surface area contributed by atoms with E-state index in [1.807, 2.05) is 97.1 Å². The van der Waals surface area contributed by atoms with Crippen LogP contribution in [0, 0.1) is 0 Å². The predicted octanol–water partition coefficient (Wildman–Crippen LogP) is 8.17. The summed E-state index contributed by atoms with van der Waals surface area (Å²) >= 11 is 0. The first-order valence-corrected chi connectivity index (χ1v) is 41.1. The van der Waals surface area contributed by atoms with Crippen molar-refractivity contribution in [3.8, 4) is 0 Å². The van der Waals surface area contributed by atoms with Gasteiger partial charge >= 0.3 is 0 Å². The van der Waals surface area contributed by atoms with Crippen LogP contribution in [-0.4, -0.2) is 220 Å². The third kappa shape index (κ3) is 22.1. The normalized spacial score (nSPS) is 15.5. The van der Waals surface area contributed by atoms with Gasteiger partial charge < -0.3 is 78.2 Å². The smallest absolute Gasteiger partial charge is 0.260 e. The number of hydrogen-bond donors (Lipinski definition) is 5. The Labute approximate surface area is 679 Å².